The number of thiophene rings is 1. The molecule has 0 unspecified atom stereocenters. The highest BCUT2D eigenvalue weighted by molar-refractivity contribution is 7.80. The molecule has 3 nitrogen and oxygen atoms in total. The van der Waals surface area contributed by atoms with Crippen molar-refractivity contribution in [2.24, 2.45) is 5.92 Å². The third-order valence-electron chi connectivity index (χ3n) is 5.47. The van der Waals surface area contributed by atoms with Gasteiger partial charge in [-0.1, -0.05) is 32.0 Å². The van der Waals surface area contributed by atoms with Gasteiger partial charge < -0.3 is 15.1 Å². The van der Waals surface area contributed by atoms with Crippen molar-refractivity contribution in [3.05, 3.63) is 52.2 Å². The number of thiocarbonyl (C=S) groups is 1. The summed E-state index contributed by atoms with van der Waals surface area (Å²) in [5.41, 5.74) is 2.42. The van der Waals surface area contributed by atoms with Crippen molar-refractivity contribution in [1.82, 2.24) is 9.80 Å². The molecule has 1 aromatic heterocycles. The summed E-state index contributed by atoms with van der Waals surface area (Å²) in [6.45, 7) is 10.1. The largest absolute Gasteiger partial charge is 0.344 e. The van der Waals surface area contributed by atoms with Crippen LogP contribution in [0.5, 0.6) is 0 Å². The van der Waals surface area contributed by atoms with Crippen LogP contribution in [0.15, 0.2) is 41.8 Å². The molecule has 2 aromatic rings. The number of rotatable bonds is 8. The normalized spacial score (nSPS) is 17.4. The maximum atomic E-state index is 5.79. The Kier molecular flexibility index (Phi) is 8.31. The van der Waals surface area contributed by atoms with Gasteiger partial charge in [0.15, 0.2) is 5.11 Å². The van der Waals surface area contributed by atoms with E-state index in [1.54, 1.807) is 11.3 Å². The lowest BCUT2D eigenvalue weighted by atomic mass is 10.0. The predicted octanol–water partition coefficient (Wildman–Crippen LogP) is 5.63. The molecular weight excluding hydrogens is 382 g/mol. The van der Waals surface area contributed by atoms with Crippen LogP contribution in [0.3, 0.4) is 0 Å². The Morgan fingerprint density at radius 2 is 2.11 bits per heavy atom. The molecule has 5 heteroatoms. The van der Waals surface area contributed by atoms with E-state index in [2.05, 4.69) is 70.7 Å². The zero-order valence-electron chi connectivity index (χ0n) is 17.2. The second-order valence-corrected chi connectivity index (χ2v) is 9.30. The molecule has 1 atom stereocenters. The van der Waals surface area contributed by atoms with Crippen LogP contribution in [-0.2, 0) is 13.0 Å². The Bertz CT molecular complexity index is 712. The molecular formula is C23H33N3S2. The summed E-state index contributed by atoms with van der Waals surface area (Å²) in [5.74, 6) is 0.838. The van der Waals surface area contributed by atoms with E-state index in [1.165, 1.54) is 42.9 Å². The van der Waals surface area contributed by atoms with Gasteiger partial charge in [-0.2, -0.15) is 0 Å². The molecule has 2 heterocycles. The van der Waals surface area contributed by atoms with Crippen LogP contribution in [0.1, 0.15) is 43.6 Å². The Labute approximate surface area is 179 Å². The molecule has 0 spiro atoms. The SMILES string of the molecule is CCc1ccc(NC(=S)N(CCCN2CCC[C@@H](C)C2)Cc2cccs2)cc1. The molecule has 0 aliphatic carbocycles. The van der Waals surface area contributed by atoms with Crippen molar-refractivity contribution in [1.29, 1.82) is 0 Å². The Morgan fingerprint density at radius 1 is 1.29 bits per heavy atom. The zero-order valence-corrected chi connectivity index (χ0v) is 18.8. The predicted molar refractivity (Wildman–Crippen MR) is 126 cm³/mol. The summed E-state index contributed by atoms with van der Waals surface area (Å²) < 4.78 is 0. The number of hydrogen-bond donors (Lipinski definition) is 1. The van der Waals surface area contributed by atoms with E-state index in [0.717, 1.165) is 42.6 Å². The van der Waals surface area contributed by atoms with Crippen molar-refractivity contribution in [3.8, 4) is 0 Å². The summed E-state index contributed by atoms with van der Waals surface area (Å²) in [5, 5.41) is 6.41. The van der Waals surface area contributed by atoms with E-state index in [9.17, 15) is 0 Å². The van der Waals surface area contributed by atoms with Crippen LogP contribution in [0.4, 0.5) is 5.69 Å². The van der Waals surface area contributed by atoms with Crippen LogP contribution in [0.25, 0.3) is 0 Å². The van der Waals surface area contributed by atoms with E-state index in [1.807, 2.05) is 0 Å². The monoisotopic (exact) mass is 415 g/mol. The quantitative estimate of drug-likeness (QED) is 0.563. The smallest absolute Gasteiger partial charge is 0.173 e. The third-order valence-corrected chi connectivity index (χ3v) is 6.69. The highest BCUT2D eigenvalue weighted by Gasteiger charge is 2.17. The first-order valence-corrected chi connectivity index (χ1v) is 11.8. The number of aryl methyl sites for hydroxylation is 1. The van der Waals surface area contributed by atoms with Crippen LogP contribution in [0, 0.1) is 5.92 Å². The van der Waals surface area contributed by atoms with Crippen molar-refractivity contribution in [2.45, 2.75) is 46.1 Å². The van der Waals surface area contributed by atoms with Gasteiger partial charge in [-0.3, -0.25) is 0 Å². The van der Waals surface area contributed by atoms with E-state index in [0.29, 0.717) is 0 Å². The lowest BCUT2D eigenvalue weighted by Gasteiger charge is -2.32. The van der Waals surface area contributed by atoms with Crippen LogP contribution < -0.4 is 5.32 Å². The number of nitrogens with zero attached hydrogens (tertiary/aromatic N) is 2. The molecule has 152 valence electrons. The van der Waals surface area contributed by atoms with E-state index in [4.69, 9.17) is 12.2 Å². The van der Waals surface area contributed by atoms with Crippen molar-refractivity contribution < 1.29 is 0 Å². The fraction of sp³-hybridized carbons (Fsp3) is 0.522. The second kappa shape index (κ2) is 10.9. The number of likely N-dealkylation sites (tertiary alicyclic amines) is 1. The van der Waals surface area contributed by atoms with E-state index in [-0.39, 0.29) is 0 Å². The van der Waals surface area contributed by atoms with Gasteiger partial charge in [0.25, 0.3) is 0 Å². The Morgan fingerprint density at radius 3 is 2.79 bits per heavy atom. The molecule has 0 bridgehead atoms. The van der Waals surface area contributed by atoms with Crippen LogP contribution in [-0.4, -0.2) is 41.1 Å². The molecule has 1 aromatic carbocycles. The average molecular weight is 416 g/mol. The van der Waals surface area contributed by atoms with Gasteiger partial charge in [-0.05, 0) is 86.1 Å². The van der Waals surface area contributed by atoms with E-state index < -0.39 is 0 Å². The van der Waals surface area contributed by atoms with Gasteiger partial charge in [0.1, 0.15) is 0 Å². The Hall–Kier alpha value is -1.43. The lowest BCUT2D eigenvalue weighted by Crippen LogP contribution is -2.39. The minimum absolute atomic E-state index is 0.824. The number of anilines is 1. The van der Waals surface area contributed by atoms with Crippen LogP contribution in [0.2, 0.25) is 0 Å². The van der Waals surface area contributed by atoms with Gasteiger partial charge >= 0.3 is 0 Å². The molecule has 1 saturated heterocycles. The first-order valence-electron chi connectivity index (χ1n) is 10.5. The van der Waals surface area contributed by atoms with E-state index >= 15 is 0 Å². The van der Waals surface area contributed by atoms with Gasteiger partial charge in [0.2, 0.25) is 0 Å². The van der Waals surface area contributed by atoms with Gasteiger partial charge in [-0.15, -0.1) is 11.3 Å². The second-order valence-electron chi connectivity index (χ2n) is 7.88. The fourth-order valence-corrected chi connectivity index (χ4v) is 4.84. The topological polar surface area (TPSA) is 18.5 Å². The van der Waals surface area contributed by atoms with Gasteiger partial charge in [0.05, 0.1) is 6.54 Å². The summed E-state index contributed by atoms with van der Waals surface area (Å²) >= 11 is 7.59. The Balaban J connectivity index is 1.56. The highest BCUT2D eigenvalue weighted by atomic mass is 32.1. The molecule has 0 amide bonds. The molecule has 0 saturated carbocycles. The maximum absolute atomic E-state index is 5.79. The first-order chi connectivity index (χ1) is 13.6. The lowest BCUT2D eigenvalue weighted by molar-refractivity contribution is 0.177. The molecule has 3 rings (SSSR count). The van der Waals surface area contributed by atoms with Crippen molar-refractivity contribution in [2.75, 3.05) is 31.5 Å². The average Bonchev–Trinajstić information content (AvgIpc) is 3.21. The minimum Gasteiger partial charge on any atom is -0.344 e. The summed E-state index contributed by atoms with van der Waals surface area (Å²) in [6.07, 6.45) is 4.93. The molecule has 1 N–H and O–H groups in total. The summed E-state index contributed by atoms with van der Waals surface area (Å²) in [6, 6.07) is 12.9. The minimum atomic E-state index is 0.824. The molecule has 0 radical (unpaired) electrons. The zero-order chi connectivity index (χ0) is 19.8. The summed E-state index contributed by atoms with van der Waals surface area (Å²) in [7, 11) is 0. The molecule has 28 heavy (non-hydrogen) atoms. The number of hydrogen-bond acceptors (Lipinski definition) is 3. The highest BCUT2D eigenvalue weighted by Crippen LogP contribution is 2.17. The van der Waals surface area contributed by atoms with Gasteiger partial charge in [-0.25, -0.2) is 0 Å². The number of benzene rings is 1. The third kappa shape index (κ3) is 6.57. The maximum Gasteiger partial charge on any atom is 0.173 e. The van der Waals surface area contributed by atoms with Crippen molar-refractivity contribution in [3.63, 3.8) is 0 Å². The molecule has 1 aliphatic heterocycles. The fourth-order valence-electron chi connectivity index (χ4n) is 3.84. The van der Waals surface area contributed by atoms with Gasteiger partial charge in [0, 0.05) is 23.7 Å². The van der Waals surface area contributed by atoms with Crippen LogP contribution >= 0.6 is 23.6 Å². The standard InChI is InChI=1S/C23H33N3S2/c1-3-20-9-11-21(12-10-20)24-23(27)26(18-22-8-5-16-28-22)15-6-14-25-13-4-7-19(2)17-25/h5,8-12,16,19H,3-4,6-7,13-15,17-18H2,1-2H3,(H,24,27)/t19-/m1/s1. The molecule has 1 aliphatic rings. The summed E-state index contributed by atoms with van der Waals surface area (Å²) in [4.78, 5) is 6.30. The number of piperidine rings is 1. The van der Waals surface area contributed by atoms with Crippen molar-refractivity contribution >= 4 is 34.4 Å². The first kappa shape index (κ1) is 21.3. The molecule has 1 fully saturated rings. The number of nitrogens with one attached hydrogen (secondary N) is 1.